The summed E-state index contributed by atoms with van der Waals surface area (Å²) in [7, 11) is 0. The van der Waals surface area contributed by atoms with Gasteiger partial charge in [0.25, 0.3) is 5.91 Å². The molecule has 0 aromatic heterocycles. The number of aliphatic carboxylic acids is 1. The van der Waals surface area contributed by atoms with Gasteiger partial charge < -0.3 is 25.2 Å². The number of fused-ring (bicyclic) bond motifs is 3. The largest absolute Gasteiger partial charge is 0.481 e. The van der Waals surface area contributed by atoms with Crippen molar-refractivity contribution in [3.63, 3.8) is 0 Å². The Balaban J connectivity index is 1.32. The van der Waals surface area contributed by atoms with Gasteiger partial charge in [0.1, 0.15) is 12.0 Å². The highest BCUT2D eigenvalue weighted by Crippen LogP contribution is 2.44. The SMILES string of the molecule is CC1(C(=O)O)COCC1NC(=O)C(F)(F)CNC(=O)OCC1c2ccccc2-c2ccccc21. The second-order valence-electron chi connectivity index (χ2n) is 8.65. The summed E-state index contributed by atoms with van der Waals surface area (Å²) in [6, 6.07) is 14.2. The molecule has 2 aromatic rings. The molecule has 0 spiro atoms. The number of rotatable bonds is 7. The highest BCUT2D eigenvalue weighted by atomic mass is 19.3. The van der Waals surface area contributed by atoms with Crippen LogP contribution in [-0.4, -0.2) is 61.4 Å². The number of ether oxygens (including phenoxy) is 2. The molecule has 0 bridgehead atoms. The van der Waals surface area contributed by atoms with Gasteiger partial charge in [0.15, 0.2) is 0 Å². The van der Waals surface area contributed by atoms with Gasteiger partial charge in [0, 0.05) is 5.92 Å². The molecule has 1 saturated heterocycles. The summed E-state index contributed by atoms with van der Waals surface area (Å²) in [5.74, 6) is -7.18. The van der Waals surface area contributed by atoms with Crippen molar-refractivity contribution in [1.29, 1.82) is 0 Å². The van der Waals surface area contributed by atoms with E-state index in [-0.39, 0.29) is 25.7 Å². The van der Waals surface area contributed by atoms with Crippen molar-refractivity contribution in [1.82, 2.24) is 10.6 Å². The van der Waals surface area contributed by atoms with Crippen LogP contribution < -0.4 is 10.6 Å². The molecule has 3 N–H and O–H groups in total. The third-order valence-electron chi connectivity index (χ3n) is 6.38. The molecule has 1 heterocycles. The zero-order valence-electron chi connectivity index (χ0n) is 18.3. The summed E-state index contributed by atoms with van der Waals surface area (Å²) >= 11 is 0. The number of hydrogen-bond acceptors (Lipinski definition) is 5. The zero-order chi connectivity index (χ0) is 24.5. The maximum absolute atomic E-state index is 14.3. The number of nitrogens with one attached hydrogen (secondary N) is 2. The number of alkyl carbamates (subject to hydrolysis) is 1. The fourth-order valence-electron chi connectivity index (χ4n) is 4.26. The Labute approximate surface area is 194 Å². The number of amides is 2. The highest BCUT2D eigenvalue weighted by molar-refractivity contribution is 5.86. The summed E-state index contributed by atoms with van der Waals surface area (Å²) in [6.07, 6.45) is -1.09. The molecule has 2 unspecified atom stereocenters. The lowest BCUT2D eigenvalue weighted by Gasteiger charge is -2.27. The number of hydrogen-bond donors (Lipinski definition) is 3. The number of carbonyl (C=O) groups excluding carboxylic acids is 2. The van der Waals surface area contributed by atoms with Gasteiger partial charge in [-0.15, -0.1) is 0 Å². The van der Waals surface area contributed by atoms with Crippen LogP contribution in [0.5, 0.6) is 0 Å². The number of halogens is 2. The molecular formula is C24H24F2N2O6. The normalized spacial score (nSPS) is 21.4. The predicted octanol–water partition coefficient (Wildman–Crippen LogP) is 2.77. The molecular weight excluding hydrogens is 450 g/mol. The van der Waals surface area contributed by atoms with Gasteiger partial charge in [-0.25, -0.2) is 4.79 Å². The minimum atomic E-state index is -3.98. The molecule has 2 atom stereocenters. The van der Waals surface area contributed by atoms with Crippen LogP contribution in [0, 0.1) is 5.41 Å². The molecule has 1 aliphatic carbocycles. The molecule has 180 valence electrons. The van der Waals surface area contributed by atoms with E-state index in [1.807, 2.05) is 59.2 Å². The maximum atomic E-state index is 14.3. The Morgan fingerprint density at radius 1 is 1.12 bits per heavy atom. The molecule has 0 radical (unpaired) electrons. The topological polar surface area (TPSA) is 114 Å². The van der Waals surface area contributed by atoms with Gasteiger partial charge in [-0.05, 0) is 29.2 Å². The summed E-state index contributed by atoms with van der Waals surface area (Å²) < 4.78 is 38.9. The molecule has 0 saturated carbocycles. The van der Waals surface area contributed by atoms with E-state index in [1.54, 1.807) is 0 Å². The summed E-state index contributed by atoms with van der Waals surface area (Å²) in [5.41, 5.74) is 2.48. The van der Waals surface area contributed by atoms with Crippen LogP contribution in [0.25, 0.3) is 11.1 Å². The minimum absolute atomic E-state index is 0.0615. The van der Waals surface area contributed by atoms with Crippen molar-refractivity contribution >= 4 is 18.0 Å². The first-order chi connectivity index (χ1) is 16.1. The number of carboxylic acid groups (broad SMARTS) is 1. The molecule has 4 rings (SSSR count). The van der Waals surface area contributed by atoms with E-state index in [2.05, 4.69) is 0 Å². The van der Waals surface area contributed by atoms with Gasteiger partial charge in [0.2, 0.25) is 0 Å². The van der Waals surface area contributed by atoms with Crippen molar-refractivity contribution in [2.24, 2.45) is 5.41 Å². The van der Waals surface area contributed by atoms with E-state index in [4.69, 9.17) is 9.47 Å². The smallest absolute Gasteiger partial charge is 0.407 e. The molecule has 2 aromatic carbocycles. The molecule has 8 nitrogen and oxygen atoms in total. The van der Waals surface area contributed by atoms with Crippen LogP contribution in [0.1, 0.15) is 24.0 Å². The van der Waals surface area contributed by atoms with E-state index >= 15 is 0 Å². The van der Waals surface area contributed by atoms with Crippen LogP contribution >= 0.6 is 0 Å². The van der Waals surface area contributed by atoms with Crippen molar-refractivity contribution in [2.45, 2.75) is 24.8 Å². The van der Waals surface area contributed by atoms with E-state index in [0.29, 0.717) is 0 Å². The monoisotopic (exact) mass is 474 g/mol. The molecule has 1 fully saturated rings. The van der Waals surface area contributed by atoms with Crippen molar-refractivity contribution < 1.29 is 37.7 Å². The van der Waals surface area contributed by atoms with E-state index < -0.39 is 41.9 Å². The molecule has 34 heavy (non-hydrogen) atoms. The van der Waals surface area contributed by atoms with Gasteiger partial charge >= 0.3 is 18.0 Å². The second kappa shape index (κ2) is 9.02. The molecule has 2 aliphatic rings. The summed E-state index contributed by atoms with van der Waals surface area (Å²) in [5, 5.41) is 13.3. The van der Waals surface area contributed by atoms with Gasteiger partial charge in [-0.2, -0.15) is 8.78 Å². The average molecular weight is 474 g/mol. The molecule has 10 heteroatoms. The fourth-order valence-corrected chi connectivity index (χ4v) is 4.26. The molecule has 1 aliphatic heterocycles. The standard InChI is InChI=1S/C24H24F2N2O6/c1-23(21(30)31)13-33-11-19(23)28-20(29)24(25,26)12-27-22(32)34-10-18-16-8-4-2-6-14(16)15-7-3-5-9-17(15)18/h2-9,18-19H,10-13H2,1H3,(H,27,32)(H,28,29)(H,30,31). The minimum Gasteiger partial charge on any atom is -0.481 e. The third-order valence-corrected chi connectivity index (χ3v) is 6.38. The lowest BCUT2D eigenvalue weighted by atomic mass is 9.85. The number of benzene rings is 2. The van der Waals surface area contributed by atoms with Crippen LogP contribution in [0.3, 0.4) is 0 Å². The van der Waals surface area contributed by atoms with Crippen molar-refractivity contribution in [3.8, 4) is 11.1 Å². The Morgan fingerprint density at radius 2 is 1.71 bits per heavy atom. The first-order valence-corrected chi connectivity index (χ1v) is 10.7. The first kappa shape index (κ1) is 23.6. The first-order valence-electron chi connectivity index (χ1n) is 10.7. The van der Waals surface area contributed by atoms with Crippen LogP contribution in [-0.2, 0) is 19.1 Å². The Morgan fingerprint density at radius 3 is 2.29 bits per heavy atom. The summed E-state index contributed by atoms with van der Waals surface area (Å²) in [4.78, 5) is 35.6. The average Bonchev–Trinajstić information content (AvgIpc) is 3.35. The Kier molecular flexibility index (Phi) is 6.26. The van der Waals surface area contributed by atoms with E-state index in [1.165, 1.54) is 6.92 Å². The lowest BCUT2D eigenvalue weighted by Crippen LogP contribution is -2.56. The fraction of sp³-hybridized carbons (Fsp3) is 0.375. The van der Waals surface area contributed by atoms with Crippen molar-refractivity contribution in [3.05, 3.63) is 59.7 Å². The Bertz CT molecular complexity index is 1080. The predicted molar refractivity (Wildman–Crippen MR) is 117 cm³/mol. The number of carboxylic acids is 1. The van der Waals surface area contributed by atoms with Crippen LogP contribution in [0.2, 0.25) is 0 Å². The highest BCUT2D eigenvalue weighted by Gasteiger charge is 2.50. The van der Waals surface area contributed by atoms with Gasteiger partial charge in [-0.3, -0.25) is 9.59 Å². The third kappa shape index (κ3) is 4.33. The quantitative estimate of drug-likeness (QED) is 0.569. The maximum Gasteiger partial charge on any atom is 0.407 e. The number of carbonyl (C=O) groups is 3. The molecule has 2 amide bonds. The lowest BCUT2D eigenvalue weighted by molar-refractivity contribution is -0.151. The van der Waals surface area contributed by atoms with Gasteiger partial charge in [-0.1, -0.05) is 48.5 Å². The zero-order valence-corrected chi connectivity index (χ0v) is 18.3. The van der Waals surface area contributed by atoms with Crippen LogP contribution in [0.4, 0.5) is 13.6 Å². The number of alkyl halides is 2. The van der Waals surface area contributed by atoms with E-state index in [0.717, 1.165) is 22.3 Å². The second-order valence-corrected chi connectivity index (χ2v) is 8.65. The van der Waals surface area contributed by atoms with Crippen molar-refractivity contribution in [2.75, 3.05) is 26.4 Å². The van der Waals surface area contributed by atoms with Gasteiger partial charge in [0.05, 0.1) is 25.8 Å². The van der Waals surface area contributed by atoms with Crippen LogP contribution in [0.15, 0.2) is 48.5 Å². The Hall–Kier alpha value is -3.53. The summed E-state index contributed by atoms with van der Waals surface area (Å²) in [6.45, 7) is -0.470. The van der Waals surface area contributed by atoms with E-state index in [9.17, 15) is 28.3 Å².